The first-order valence-corrected chi connectivity index (χ1v) is 10.3. The van der Waals surface area contributed by atoms with E-state index >= 15 is 0 Å². The highest BCUT2D eigenvalue weighted by molar-refractivity contribution is 7.13. The quantitative estimate of drug-likeness (QED) is 0.512. The molecule has 0 saturated heterocycles. The van der Waals surface area contributed by atoms with Crippen LogP contribution in [0.4, 0.5) is 13.2 Å². The van der Waals surface area contributed by atoms with Crippen LogP contribution in [0.25, 0.3) is 10.6 Å². The fourth-order valence-corrected chi connectivity index (χ4v) is 3.51. The molecular formula is C22H21F3N2O3S. The van der Waals surface area contributed by atoms with Crippen LogP contribution in [0.15, 0.2) is 47.8 Å². The maximum Gasteiger partial charge on any atom is 0.416 e. The molecular weight excluding hydrogens is 429 g/mol. The number of nitrogens with zero attached hydrogens (tertiary/aromatic N) is 1. The second-order valence-corrected chi connectivity index (χ2v) is 7.87. The summed E-state index contributed by atoms with van der Waals surface area (Å²) < 4.78 is 49.1. The third kappa shape index (κ3) is 5.75. The zero-order valence-electron chi connectivity index (χ0n) is 17.1. The smallest absolute Gasteiger partial charge is 0.416 e. The molecule has 5 nitrogen and oxygen atoms in total. The number of thiazole rings is 1. The number of alkyl halides is 3. The van der Waals surface area contributed by atoms with E-state index in [2.05, 4.69) is 10.3 Å². The van der Waals surface area contributed by atoms with E-state index in [9.17, 15) is 18.0 Å². The Morgan fingerprint density at radius 1 is 1.13 bits per heavy atom. The van der Waals surface area contributed by atoms with Gasteiger partial charge >= 0.3 is 6.18 Å². The zero-order valence-corrected chi connectivity index (χ0v) is 17.9. The summed E-state index contributed by atoms with van der Waals surface area (Å²) >= 11 is 1.34. The van der Waals surface area contributed by atoms with Crippen LogP contribution in [-0.2, 0) is 12.8 Å². The summed E-state index contributed by atoms with van der Waals surface area (Å²) in [6.07, 6.45) is -4.37. The van der Waals surface area contributed by atoms with Crippen LogP contribution >= 0.6 is 11.3 Å². The van der Waals surface area contributed by atoms with Crippen molar-refractivity contribution in [3.05, 3.63) is 64.7 Å². The normalized spacial score (nSPS) is 11.5. The number of methoxy groups -OCH3 is 1. The summed E-state index contributed by atoms with van der Waals surface area (Å²) in [5.41, 5.74) is 0.991. The van der Waals surface area contributed by atoms with Gasteiger partial charge in [-0.3, -0.25) is 4.79 Å². The highest BCUT2D eigenvalue weighted by Gasteiger charge is 2.29. The number of rotatable bonds is 7. The van der Waals surface area contributed by atoms with Gasteiger partial charge in [-0.25, -0.2) is 4.98 Å². The number of hydrogen-bond acceptors (Lipinski definition) is 5. The molecule has 0 aliphatic carbocycles. The zero-order chi connectivity index (χ0) is 22.6. The molecule has 0 fully saturated rings. The van der Waals surface area contributed by atoms with Crippen molar-refractivity contribution in [2.75, 3.05) is 7.11 Å². The predicted octanol–water partition coefficient (Wildman–Crippen LogP) is 5.55. The van der Waals surface area contributed by atoms with E-state index in [0.29, 0.717) is 27.8 Å². The Morgan fingerprint density at radius 3 is 2.45 bits per heavy atom. The van der Waals surface area contributed by atoms with Crippen LogP contribution in [0.2, 0.25) is 0 Å². The summed E-state index contributed by atoms with van der Waals surface area (Å²) in [5.74, 6) is 0.661. The fourth-order valence-electron chi connectivity index (χ4n) is 2.72. The molecule has 1 amide bonds. The van der Waals surface area contributed by atoms with Crippen molar-refractivity contribution in [1.82, 2.24) is 10.3 Å². The average Bonchev–Trinajstić information content (AvgIpc) is 3.22. The van der Waals surface area contributed by atoms with Crippen molar-refractivity contribution < 1.29 is 27.4 Å². The molecule has 0 aliphatic rings. The Balaban J connectivity index is 1.72. The Hall–Kier alpha value is -3.07. The highest BCUT2D eigenvalue weighted by atomic mass is 32.1. The maximum absolute atomic E-state index is 12.7. The number of carbonyl (C=O) groups excluding carboxylic acids is 1. The number of halogens is 3. The topological polar surface area (TPSA) is 60.5 Å². The number of benzene rings is 2. The molecule has 0 radical (unpaired) electrons. The highest BCUT2D eigenvalue weighted by Crippen LogP contribution is 2.34. The average molecular weight is 450 g/mol. The minimum absolute atomic E-state index is 0.0128. The van der Waals surface area contributed by atoms with Gasteiger partial charge in [0.05, 0.1) is 12.7 Å². The van der Waals surface area contributed by atoms with Crippen molar-refractivity contribution >= 4 is 17.2 Å². The lowest BCUT2D eigenvalue weighted by Gasteiger charge is -2.12. The maximum atomic E-state index is 12.7. The summed E-state index contributed by atoms with van der Waals surface area (Å²) in [6.45, 7) is 3.84. The SMILES string of the molecule is COc1cc(-c2nc(C(=O)NC(C)C)cs2)ccc1OCc1ccc(C(F)(F)F)cc1. The molecule has 0 unspecified atom stereocenters. The lowest BCUT2D eigenvalue weighted by Crippen LogP contribution is -2.30. The van der Waals surface area contributed by atoms with E-state index in [4.69, 9.17) is 9.47 Å². The molecule has 0 bridgehead atoms. The van der Waals surface area contributed by atoms with Gasteiger partial charge in [-0.2, -0.15) is 13.2 Å². The molecule has 9 heteroatoms. The standard InChI is InChI=1S/C22H21F3N2O3S/c1-13(2)26-20(28)17-12-31-21(27-17)15-6-9-18(19(10-15)29-3)30-11-14-4-7-16(8-5-14)22(23,24)25/h4-10,12-13H,11H2,1-3H3,(H,26,28). The summed E-state index contributed by atoms with van der Waals surface area (Å²) in [5, 5.41) is 5.14. The van der Waals surface area contributed by atoms with Gasteiger partial charge in [-0.15, -0.1) is 11.3 Å². The third-order valence-corrected chi connectivity index (χ3v) is 5.13. The van der Waals surface area contributed by atoms with Gasteiger partial charge in [0.1, 0.15) is 17.3 Å². The minimum Gasteiger partial charge on any atom is -0.493 e. The van der Waals surface area contributed by atoms with Crippen molar-refractivity contribution in [1.29, 1.82) is 0 Å². The second-order valence-electron chi connectivity index (χ2n) is 7.02. The molecule has 0 atom stereocenters. The Bertz CT molecular complexity index is 1050. The van der Waals surface area contributed by atoms with Crippen molar-refractivity contribution in [2.45, 2.75) is 32.7 Å². The molecule has 3 rings (SSSR count). The van der Waals surface area contributed by atoms with Crippen LogP contribution in [0.3, 0.4) is 0 Å². The van der Waals surface area contributed by atoms with E-state index in [1.54, 1.807) is 23.6 Å². The molecule has 0 spiro atoms. The molecule has 1 N–H and O–H groups in total. The molecule has 3 aromatic rings. The van der Waals surface area contributed by atoms with Crippen LogP contribution in [0.1, 0.15) is 35.5 Å². The van der Waals surface area contributed by atoms with Gasteiger partial charge in [0, 0.05) is 17.0 Å². The molecule has 0 aliphatic heterocycles. The largest absolute Gasteiger partial charge is 0.493 e. The lowest BCUT2D eigenvalue weighted by molar-refractivity contribution is -0.137. The van der Waals surface area contributed by atoms with Crippen molar-refractivity contribution in [3.8, 4) is 22.1 Å². The van der Waals surface area contributed by atoms with Crippen LogP contribution in [0.5, 0.6) is 11.5 Å². The number of amides is 1. The van der Waals surface area contributed by atoms with E-state index in [-0.39, 0.29) is 18.6 Å². The Kier molecular flexibility index (Phi) is 6.84. The number of nitrogens with one attached hydrogen (secondary N) is 1. The molecule has 1 aromatic heterocycles. The molecule has 0 saturated carbocycles. The molecule has 2 aromatic carbocycles. The van der Waals surface area contributed by atoms with Crippen LogP contribution in [-0.4, -0.2) is 24.0 Å². The molecule has 31 heavy (non-hydrogen) atoms. The van der Waals surface area contributed by atoms with Gasteiger partial charge in [0.25, 0.3) is 5.91 Å². The monoisotopic (exact) mass is 450 g/mol. The first-order valence-electron chi connectivity index (χ1n) is 9.41. The number of carbonyl (C=O) groups is 1. The Morgan fingerprint density at radius 2 is 1.84 bits per heavy atom. The van der Waals surface area contributed by atoms with Gasteiger partial charge in [0.15, 0.2) is 11.5 Å². The van der Waals surface area contributed by atoms with Gasteiger partial charge in [-0.05, 0) is 49.7 Å². The summed E-state index contributed by atoms with van der Waals surface area (Å²) in [6, 6.07) is 10.0. The van der Waals surface area contributed by atoms with E-state index < -0.39 is 11.7 Å². The van der Waals surface area contributed by atoms with Gasteiger partial charge in [0.2, 0.25) is 0 Å². The van der Waals surface area contributed by atoms with Gasteiger partial charge in [-0.1, -0.05) is 12.1 Å². The number of ether oxygens (including phenoxy) is 2. The van der Waals surface area contributed by atoms with Gasteiger partial charge < -0.3 is 14.8 Å². The fraction of sp³-hybridized carbons (Fsp3) is 0.273. The molecule has 1 heterocycles. The predicted molar refractivity (Wildman–Crippen MR) is 112 cm³/mol. The lowest BCUT2D eigenvalue weighted by atomic mass is 10.1. The first-order chi connectivity index (χ1) is 14.7. The summed E-state index contributed by atoms with van der Waals surface area (Å²) in [4.78, 5) is 16.5. The summed E-state index contributed by atoms with van der Waals surface area (Å²) in [7, 11) is 1.49. The molecule has 164 valence electrons. The number of hydrogen-bond donors (Lipinski definition) is 1. The van der Waals surface area contributed by atoms with Crippen LogP contribution in [0, 0.1) is 0 Å². The minimum atomic E-state index is -4.37. The van der Waals surface area contributed by atoms with E-state index in [0.717, 1.165) is 17.7 Å². The van der Waals surface area contributed by atoms with Crippen molar-refractivity contribution in [3.63, 3.8) is 0 Å². The van der Waals surface area contributed by atoms with E-state index in [1.165, 1.54) is 30.6 Å². The Labute approximate surface area is 181 Å². The van der Waals surface area contributed by atoms with Crippen LogP contribution < -0.4 is 14.8 Å². The number of aromatic nitrogens is 1. The third-order valence-electron chi connectivity index (χ3n) is 4.24. The van der Waals surface area contributed by atoms with E-state index in [1.807, 2.05) is 13.8 Å². The second kappa shape index (κ2) is 9.38. The first kappa shape index (κ1) is 22.6. The van der Waals surface area contributed by atoms with Crippen molar-refractivity contribution in [2.24, 2.45) is 0 Å².